The Bertz CT molecular complexity index is 3160. The number of aliphatic hydroxyl groups is 2. The Morgan fingerprint density at radius 2 is 1.72 bits per heavy atom. The van der Waals surface area contributed by atoms with Crippen LogP contribution in [0.2, 0.25) is 0 Å². The lowest BCUT2D eigenvalue weighted by Gasteiger charge is -2.63. The monoisotopic (exact) mass is 1040 g/mol. The number of hydrogen-bond donors (Lipinski definition) is 3. The molecule has 0 radical (unpaired) electrons. The zero-order valence-electron chi connectivity index (χ0n) is 45.0. The topological polar surface area (TPSA) is 162 Å². The van der Waals surface area contributed by atoms with Crippen molar-refractivity contribution in [3.8, 4) is 5.75 Å². The number of benzene rings is 1. The summed E-state index contributed by atoms with van der Waals surface area (Å²) in [4.78, 5) is 55.8. The van der Waals surface area contributed by atoms with Gasteiger partial charge in [0.25, 0.3) is 0 Å². The van der Waals surface area contributed by atoms with Crippen LogP contribution in [0.4, 0.5) is 14.3 Å². The van der Waals surface area contributed by atoms with Crippen LogP contribution in [-0.2, 0) is 52.3 Å². The minimum absolute atomic E-state index is 0.0891. The molecule has 0 amide bonds. The summed E-state index contributed by atoms with van der Waals surface area (Å²) in [5.41, 5.74) is 1.06. The Morgan fingerprint density at radius 1 is 0.934 bits per heavy atom. The van der Waals surface area contributed by atoms with Crippen LogP contribution in [-0.4, -0.2) is 155 Å². The molecule has 2 bridgehead atoms. The van der Waals surface area contributed by atoms with Gasteiger partial charge in [-0.3, -0.25) is 19.4 Å². The molecule has 9 aliphatic rings. The molecule has 1 aromatic carbocycles. The standard InChI is InChI=1S/C58H71BF2N6O9/c1-9-54(71)30-36-31-57(52(69)74-7,48-40(20-24-64(32-36)33-54)39-14-11-12-15-43(39)62-48)42-28-41-45(29-46(42)73-6)63(5)50-56(41)22-25-65-23-13-21-55(10-2,49(56)65)51(58(50,72)53(70)75-8)76-47(68)19-18-37-16-17-38-27-44-34(3)26-35(4)66(44)59(60,61)67(37)38/h11,13-14,16-17,21,26-29,36,49-51,62,71-72H,9-10,12,15,18-20,22-25,30-33H2,1-8H3/t36?,49-,50+,51?,54-,55+,56+,57-,58-/m0/s1. The van der Waals surface area contributed by atoms with Gasteiger partial charge in [0.1, 0.15) is 16.9 Å². The molecule has 3 N–H and O–H groups in total. The molecule has 3 unspecified atom stereocenters. The van der Waals surface area contributed by atoms with E-state index in [1.807, 2.05) is 50.9 Å². The molecule has 3 fully saturated rings. The van der Waals surface area contributed by atoms with Crippen LogP contribution in [0.3, 0.4) is 0 Å². The molecule has 15 nitrogen and oxygen atoms in total. The maximum Gasteiger partial charge on any atom is 0.737 e. The third-order valence-electron chi connectivity index (χ3n) is 19.8. The van der Waals surface area contributed by atoms with Crippen LogP contribution in [0.15, 0.2) is 54.3 Å². The third kappa shape index (κ3) is 6.71. The van der Waals surface area contributed by atoms with Gasteiger partial charge in [0.2, 0.25) is 5.60 Å². The normalized spacial score (nSPS) is 34.1. The molecule has 2 aliphatic carbocycles. The fourth-order valence-electron chi connectivity index (χ4n) is 16.9. The third-order valence-corrected chi connectivity index (χ3v) is 19.8. The molecule has 9 heterocycles. The number of methoxy groups -OCH3 is 3. The van der Waals surface area contributed by atoms with E-state index in [4.69, 9.17) is 18.9 Å². The highest BCUT2D eigenvalue weighted by Crippen LogP contribution is 2.68. The molecule has 18 heteroatoms. The van der Waals surface area contributed by atoms with Gasteiger partial charge in [0.15, 0.2) is 11.8 Å². The van der Waals surface area contributed by atoms with Gasteiger partial charge in [-0.15, -0.1) is 0 Å². The van der Waals surface area contributed by atoms with E-state index in [1.165, 1.54) is 14.2 Å². The minimum atomic E-state index is -4.28. The van der Waals surface area contributed by atoms with Gasteiger partial charge in [-0.2, -0.15) is 0 Å². The number of halogens is 2. The second-order valence-corrected chi connectivity index (χ2v) is 23.4. The van der Waals surface area contributed by atoms with Crippen LogP contribution in [0, 0.1) is 25.2 Å². The molecule has 404 valence electrons. The molecular weight excluding hydrogens is 973 g/mol. The molecule has 3 aromatic rings. The van der Waals surface area contributed by atoms with Crippen molar-refractivity contribution in [3.63, 3.8) is 0 Å². The van der Waals surface area contributed by atoms with Gasteiger partial charge in [0, 0.05) is 109 Å². The Balaban J connectivity index is 1.00. The fourth-order valence-corrected chi connectivity index (χ4v) is 16.9. The van der Waals surface area contributed by atoms with Crippen LogP contribution in [0.25, 0.3) is 12.2 Å². The Labute approximate surface area is 442 Å². The van der Waals surface area contributed by atoms with Crippen molar-refractivity contribution in [1.29, 1.82) is 0 Å². The highest BCUT2D eigenvalue weighted by molar-refractivity contribution is 6.58. The molecule has 2 aromatic heterocycles. The van der Waals surface area contributed by atoms with Crippen LogP contribution in [0.1, 0.15) is 116 Å². The van der Waals surface area contributed by atoms with E-state index < -0.39 is 70.5 Å². The van der Waals surface area contributed by atoms with Crippen LogP contribution >= 0.6 is 0 Å². The highest BCUT2D eigenvalue weighted by atomic mass is 19.2. The summed E-state index contributed by atoms with van der Waals surface area (Å²) < 4.78 is 59.9. The number of H-pyrrole nitrogens is 1. The summed E-state index contributed by atoms with van der Waals surface area (Å²) in [5.74, 6) is -1.92. The van der Waals surface area contributed by atoms with Gasteiger partial charge in [0.05, 0.1) is 39.4 Å². The number of fused-ring (bicyclic) bond motifs is 8. The number of anilines is 1. The number of hydrogen-bond acceptors (Lipinski definition) is 12. The number of piperidine rings is 1. The predicted octanol–water partition coefficient (Wildman–Crippen LogP) is 6.28. The highest BCUT2D eigenvalue weighted by Gasteiger charge is 2.80. The zero-order valence-corrected chi connectivity index (χ0v) is 45.0. The lowest BCUT2D eigenvalue weighted by Crippen LogP contribution is -2.81. The number of allylic oxidation sites excluding steroid dienone is 3. The fraction of sp³-hybridized carbons (Fsp3) is 0.552. The largest absolute Gasteiger partial charge is 0.737 e. The lowest BCUT2D eigenvalue weighted by atomic mass is 9.47. The zero-order chi connectivity index (χ0) is 53.6. The number of rotatable bonds is 10. The van der Waals surface area contributed by atoms with E-state index in [9.17, 15) is 15.0 Å². The number of carbonyl (C=O) groups excluding carboxylic acids is 3. The van der Waals surface area contributed by atoms with Crippen molar-refractivity contribution >= 4 is 48.4 Å². The number of nitrogens with one attached hydrogen (secondary N) is 1. The summed E-state index contributed by atoms with van der Waals surface area (Å²) >= 11 is 0. The predicted molar refractivity (Wildman–Crippen MR) is 283 cm³/mol. The SMILES string of the molecule is CC[C@]1(O)CC2CN(CCc3c([nH]c4c3C=CCC4)[C@@](C(=O)OC)(c3cc4c(cc3OC)N(C)[C@@H]3[C@]45CCN4CC=C[C@@](CC)(C(OC(=O)CCC6=[N+]7C(=Cc8c(C)cc(C)n8[B-]7(F)F)C=C6)[C@]3(O)C(=O)OC)[C@H]45)C2)C1. The number of carbonyl (C=O) groups is 3. The van der Waals surface area contributed by atoms with Gasteiger partial charge in [-0.05, 0) is 118 Å². The molecule has 76 heavy (non-hydrogen) atoms. The average molecular weight is 1050 g/mol. The van der Waals surface area contributed by atoms with Crippen molar-refractivity contribution in [2.24, 2.45) is 11.3 Å². The Kier molecular flexibility index (Phi) is 11.8. The summed E-state index contributed by atoms with van der Waals surface area (Å²) in [5, 5.41) is 26.1. The van der Waals surface area contributed by atoms with Gasteiger partial charge in [-0.25, -0.2) is 4.79 Å². The minimum Gasteiger partial charge on any atom is -0.496 e. The van der Waals surface area contributed by atoms with E-state index in [0.29, 0.717) is 105 Å². The number of aromatic amines is 1. The van der Waals surface area contributed by atoms with Crippen LogP contribution in [0.5, 0.6) is 5.75 Å². The summed E-state index contributed by atoms with van der Waals surface area (Å²) in [6.07, 6.45) is 15.9. The molecule has 1 saturated carbocycles. The van der Waals surface area contributed by atoms with Crippen molar-refractivity contribution in [1.82, 2.24) is 19.3 Å². The van der Waals surface area contributed by atoms with Gasteiger partial charge in [-0.1, -0.05) is 38.2 Å². The Hall–Kier alpha value is -5.82. The summed E-state index contributed by atoms with van der Waals surface area (Å²) in [6.45, 7) is 6.21. The number of likely N-dealkylation sites (N-methyl/N-ethyl adjacent to an activating group) is 1. The van der Waals surface area contributed by atoms with E-state index in [0.717, 1.165) is 55.4 Å². The molecule has 10 atom stereocenters. The number of nitrogens with zero attached hydrogens (tertiary/aromatic N) is 5. The summed E-state index contributed by atoms with van der Waals surface area (Å²) in [7, 11) is 6.07. The van der Waals surface area contributed by atoms with E-state index >= 15 is 18.2 Å². The molecule has 7 aliphatic heterocycles. The van der Waals surface area contributed by atoms with Crippen molar-refractivity contribution in [2.45, 2.75) is 132 Å². The first-order valence-corrected chi connectivity index (χ1v) is 27.4. The van der Waals surface area contributed by atoms with Crippen molar-refractivity contribution < 1.29 is 56.7 Å². The first kappa shape index (κ1) is 51.0. The number of aromatic nitrogens is 2. The lowest BCUT2D eigenvalue weighted by molar-refractivity contribution is -0.362. The molecule has 2 saturated heterocycles. The van der Waals surface area contributed by atoms with E-state index in [-0.39, 0.29) is 24.5 Å². The maximum absolute atomic E-state index is 16.5. The first-order valence-electron chi connectivity index (χ1n) is 27.4. The van der Waals surface area contributed by atoms with E-state index in [1.54, 1.807) is 38.3 Å². The van der Waals surface area contributed by atoms with Crippen molar-refractivity contribution in [3.05, 3.63) is 105 Å². The van der Waals surface area contributed by atoms with Gasteiger partial charge < -0.3 is 56.6 Å². The van der Waals surface area contributed by atoms with Gasteiger partial charge >= 0.3 is 24.9 Å². The molecular formula is C58H71BF2N6O9. The Morgan fingerprint density at radius 3 is 2.46 bits per heavy atom. The summed E-state index contributed by atoms with van der Waals surface area (Å²) in [6, 6.07) is 4.23. The first-order chi connectivity index (χ1) is 36.3. The second-order valence-electron chi connectivity index (χ2n) is 23.4. The number of ether oxygens (including phenoxy) is 4. The molecule has 1 spiro atoms. The molecule has 12 rings (SSSR count). The van der Waals surface area contributed by atoms with E-state index in [2.05, 4.69) is 33.0 Å². The smallest absolute Gasteiger partial charge is 0.496 e. The van der Waals surface area contributed by atoms with Crippen LogP contribution < -0.4 is 9.64 Å². The quantitative estimate of drug-likeness (QED) is 0.0905. The average Bonchev–Trinajstić information content (AvgIpc) is 4.41. The maximum atomic E-state index is 16.5. The number of esters is 3. The van der Waals surface area contributed by atoms with Crippen molar-refractivity contribution in [2.75, 3.05) is 66.0 Å². The second kappa shape index (κ2) is 17.6. The number of aryl methyl sites for hydroxylation is 3.